The van der Waals surface area contributed by atoms with Crippen LogP contribution >= 0.6 is 23.2 Å². The highest BCUT2D eigenvalue weighted by molar-refractivity contribution is 7.89. The molecule has 0 saturated carbocycles. The molecule has 0 radical (unpaired) electrons. The number of sulfonamides is 1. The van der Waals surface area contributed by atoms with Crippen molar-refractivity contribution in [3.05, 3.63) is 52.5 Å². The maximum Gasteiger partial charge on any atom is 0.242 e. The molecule has 2 aromatic rings. The van der Waals surface area contributed by atoms with Gasteiger partial charge in [-0.25, -0.2) is 12.7 Å². The number of benzene rings is 2. The summed E-state index contributed by atoms with van der Waals surface area (Å²) in [6.07, 6.45) is 3.38. The molecule has 0 aliphatic carbocycles. The van der Waals surface area contributed by atoms with Gasteiger partial charge in [0.2, 0.25) is 10.0 Å². The molecule has 188 valence electrons. The summed E-state index contributed by atoms with van der Waals surface area (Å²) in [7, 11) is -2.12. The van der Waals surface area contributed by atoms with Crippen molar-refractivity contribution in [1.29, 1.82) is 0 Å². The lowest BCUT2D eigenvalue weighted by molar-refractivity contribution is 0.190. The highest BCUT2D eigenvalue weighted by Gasteiger charge is 2.23. The number of hydrogen-bond acceptors (Lipinski definition) is 6. The van der Waals surface area contributed by atoms with Gasteiger partial charge in [-0.1, -0.05) is 29.3 Å². The molecule has 0 bridgehead atoms. The van der Waals surface area contributed by atoms with Gasteiger partial charge in [0.15, 0.2) is 0 Å². The average molecular weight is 531 g/mol. The first-order valence-electron chi connectivity index (χ1n) is 11.5. The summed E-state index contributed by atoms with van der Waals surface area (Å²) >= 11 is 12.4. The molecule has 1 atom stereocenters. The second-order valence-corrected chi connectivity index (χ2v) is 11.4. The van der Waals surface area contributed by atoms with Crippen LogP contribution in [0.1, 0.15) is 25.7 Å². The van der Waals surface area contributed by atoms with E-state index < -0.39 is 10.0 Å². The van der Waals surface area contributed by atoms with Crippen LogP contribution in [0.3, 0.4) is 0 Å². The molecule has 0 aromatic heterocycles. The summed E-state index contributed by atoms with van der Waals surface area (Å²) < 4.78 is 33.0. The van der Waals surface area contributed by atoms with Gasteiger partial charge in [-0.15, -0.1) is 0 Å². The number of nitrogens with zero attached hydrogens (tertiary/aromatic N) is 2. The zero-order chi connectivity index (χ0) is 24.6. The van der Waals surface area contributed by atoms with Crippen molar-refractivity contribution in [2.75, 3.05) is 51.8 Å². The molecule has 1 unspecified atom stereocenters. The van der Waals surface area contributed by atoms with Crippen molar-refractivity contribution in [2.24, 2.45) is 0 Å². The van der Waals surface area contributed by atoms with Crippen LogP contribution in [0.5, 0.6) is 5.75 Å². The van der Waals surface area contributed by atoms with E-state index in [1.165, 1.54) is 10.4 Å². The normalized spacial score (nSPS) is 17.1. The van der Waals surface area contributed by atoms with E-state index >= 15 is 0 Å². The molecule has 0 amide bonds. The Kier molecular flexibility index (Phi) is 10.3. The van der Waals surface area contributed by atoms with Crippen LogP contribution in [-0.4, -0.2) is 75.2 Å². The number of aliphatic hydroxyl groups is 1. The van der Waals surface area contributed by atoms with E-state index in [1.54, 1.807) is 37.4 Å². The Morgan fingerprint density at radius 3 is 2.76 bits per heavy atom. The summed E-state index contributed by atoms with van der Waals surface area (Å²) in [6, 6.07) is 12.2. The Morgan fingerprint density at radius 1 is 1.21 bits per heavy atom. The van der Waals surface area contributed by atoms with Gasteiger partial charge in [-0.3, -0.25) is 0 Å². The Bertz CT molecular complexity index is 1040. The molecule has 3 rings (SSSR count). The average Bonchev–Trinajstić information content (AvgIpc) is 2.82. The minimum Gasteiger partial charge on any atom is -0.493 e. The quantitative estimate of drug-likeness (QED) is 0.398. The van der Waals surface area contributed by atoms with Crippen LogP contribution < -0.4 is 10.1 Å². The molecular formula is C24H33Cl2N3O4S. The van der Waals surface area contributed by atoms with Gasteiger partial charge in [-0.2, -0.15) is 0 Å². The topological polar surface area (TPSA) is 82.1 Å². The molecule has 1 fully saturated rings. The number of halogens is 2. The van der Waals surface area contributed by atoms with Gasteiger partial charge in [0.05, 0.1) is 22.2 Å². The van der Waals surface area contributed by atoms with Crippen LogP contribution in [0.4, 0.5) is 5.69 Å². The maximum atomic E-state index is 13.0. The molecule has 10 heteroatoms. The first-order chi connectivity index (χ1) is 16.3. The number of piperidine rings is 1. The molecule has 2 N–H and O–H groups in total. The largest absolute Gasteiger partial charge is 0.493 e. The molecule has 1 aliphatic heterocycles. The van der Waals surface area contributed by atoms with Crippen molar-refractivity contribution in [1.82, 2.24) is 9.21 Å². The monoisotopic (exact) mass is 529 g/mol. The maximum absolute atomic E-state index is 13.0. The van der Waals surface area contributed by atoms with Gasteiger partial charge in [0, 0.05) is 44.4 Å². The zero-order valence-electron chi connectivity index (χ0n) is 19.4. The van der Waals surface area contributed by atoms with Crippen molar-refractivity contribution in [2.45, 2.75) is 36.6 Å². The molecule has 0 spiro atoms. The predicted molar refractivity (Wildman–Crippen MR) is 138 cm³/mol. The molecule has 7 nitrogen and oxygen atoms in total. The zero-order valence-corrected chi connectivity index (χ0v) is 21.7. The second-order valence-electron chi connectivity index (χ2n) is 8.49. The summed E-state index contributed by atoms with van der Waals surface area (Å²) in [5.74, 6) is 0.655. The van der Waals surface area contributed by atoms with E-state index in [1.807, 2.05) is 6.07 Å². The lowest BCUT2D eigenvalue weighted by atomic mass is 10.1. The summed E-state index contributed by atoms with van der Waals surface area (Å²) in [5, 5.41) is 13.5. The molecule has 2 aromatic carbocycles. The fraction of sp³-hybridized carbons (Fsp3) is 0.500. The number of nitrogens with one attached hydrogen (secondary N) is 1. The highest BCUT2D eigenvalue weighted by Crippen LogP contribution is 2.28. The van der Waals surface area contributed by atoms with Crippen LogP contribution in [0.2, 0.25) is 10.0 Å². The third-order valence-electron chi connectivity index (χ3n) is 5.83. The summed E-state index contributed by atoms with van der Waals surface area (Å²) in [6.45, 7) is 3.65. The minimum absolute atomic E-state index is 0.162. The minimum atomic E-state index is -3.67. The fourth-order valence-electron chi connectivity index (χ4n) is 4.00. The van der Waals surface area contributed by atoms with E-state index in [-0.39, 0.29) is 17.5 Å². The van der Waals surface area contributed by atoms with Crippen molar-refractivity contribution < 1.29 is 18.3 Å². The van der Waals surface area contributed by atoms with Gasteiger partial charge in [0.25, 0.3) is 0 Å². The number of rotatable bonds is 12. The third-order valence-corrected chi connectivity index (χ3v) is 8.23. The first kappa shape index (κ1) is 27.0. The number of aliphatic hydroxyl groups excluding tert-OH is 1. The molecule has 34 heavy (non-hydrogen) atoms. The van der Waals surface area contributed by atoms with E-state index in [9.17, 15) is 8.42 Å². The SMILES string of the molecule is CN(CCCOc1cccc(Cl)c1)S(=O)(=O)c1ccc(NC2CCCN(CCCO)C2)c(Cl)c1. The molecule has 1 heterocycles. The van der Waals surface area contributed by atoms with Crippen molar-refractivity contribution in [3.63, 3.8) is 0 Å². The van der Waals surface area contributed by atoms with Crippen LogP contribution in [-0.2, 0) is 10.0 Å². The Hall–Kier alpha value is -1.55. The summed E-state index contributed by atoms with van der Waals surface area (Å²) in [5.41, 5.74) is 0.729. The Morgan fingerprint density at radius 2 is 2.03 bits per heavy atom. The number of hydrogen-bond donors (Lipinski definition) is 2. The first-order valence-corrected chi connectivity index (χ1v) is 13.7. The number of ether oxygens (including phenoxy) is 1. The van der Waals surface area contributed by atoms with Gasteiger partial charge in [-0.05, 0) is 68.6 Å². The molecule has 1 saturated heterocycles. The fourth-order valence-corrected chi connectivity index (χ4v) is 5.71. The lowest BCUT2D eigenvalue weighted by Gasteiger charge is -2.33. The van der Waals surface area contributed by atoms with E-state index in [0.29, 0.717) is 35.4 Å². The van der Waals surface area contributed by atoms with E-state index in [4.69, 9.17) is 33.0 Å². The number of likely N-dealkylation sites (tertiary alicyclic amines) is 1. The van der Waals surface area contributed by atoms with E-state index in [0.717, 1.165) is 44.6 Å². The summed E-state index contributed by atoms with van der Waals surface area (Å²) in [4.78, 5) is 2.49. The Balaban J connectivity index is 1.53. The van der Waals surface area contributed by atoms with Gasteiger partial charge < -0.3 is 20.1 Å². The smallest absolute Gasteiger partial charge is 0.242 e. The third kappa shape index (κ3) is 7.73. The number of anilines is 1. The predicted octanol–water partition coefficient (Wildman–Crippen LogP) is 4.34. The standard InChI is InChI=1S/C24H33Cl2N3O4S/c1-28(11-5-15-33-21-8-2-6-19(25)16-21)34(31,32)22-9-10-24(23(26)17-22)27-20-7-3-12-29(18-20)13-4-14-30/h2,6,8-10,16-17,20,27,30H,3-5,7,11-15,18H2,1H3. The Labute approximate surface area is 212 Å². The van der Waals surface area contributed by atoms with Crippen LogP contribution in [0.15, 0.2) is 47.4 Å². The van der Waals surface area contributed by atoms with Crippen LogP contribution in [0, 0.1) is 0 Å². The highest BCUT2D eigenvalue weighted by atomic mass is 35.5. The van der Waals surface area contributed by atoms with E-state index in [2.05, 4.69) is 10.2 Å². The second kappa shape index (κ2) is 13.0. The van der Waals surface area contributed by atoms with Crippen molar-refractivity contribution in [3.8, 4) is 5.75 Å². The van der Waals surface area contributed by atoms with Gasteiger partial charge in [0.1, 0.15) is 5.75 Å². The molecular weight excluding hydrogens is 497 g/mol. The molecule has 1 aliphatic rings. The lowest BCUT2D eigenvalue weighted by Crippen LogP contribution is -2.42. The van der Waals surface area contributed by atoms with Crippen LogP contribution in [0.25, 0.3) is 0 Å². The van der Waals surface area contributed by atoms with Crippen molar-refractivity contribution >= 4 is 38.9 Å². The van der Waals surface area contributed by atoms with Gasteiger partial charge >= 0.3 is 0 Å².